The Kier molecular flexibility index (Phi) is 4.67. The normalized spacial score (nSPS) is 10.6. The van der Waals surface area contributed by atoms with Crippen molar-refractivity contribution in [1.82, 2.24) is 9.88 Å². The highest BCUT2D eigenvalue weighted by molar-refractivity contribution is 5.68. The molecule has 0 spiro atoms. The van der Waals surface area contributed by atoms with E-state index in [2.05, 4.69) is 4.98 Å². The summed E-state index contributed by atoms with van der Waals surface area (Å²) in [5.41, 5.74) is 0.146. The molecule has 96 valence electrons. The van der Waals surface area contributed by atoms with Crippen molar-refractivity contribution in [3.63, 3.8) is 0 Å². The minimum Gasteiger partial charge on any atom is -0.444 e. The van der Waals surface area contributed by atoms with Gasteiger partial charge < -0.3 is 4.74 Å². The number of aromatic nitrogens is 1. The fourth-order valence-electron chi connectivity index (χ4n) is 1.28. The zero-order chi connectivity index (χ0) is 13.6. The molecule has 0 N–H and O–H groups in total. The minimum absolute atomic E-state index is 0.0223. The fourth-order valence-corrected chi connectivity index (χ4v) is 1.28. The summed E-state index contributed by atoms with van der Waals surface area (Å²) < 4.78 is 5.23. The van der Waals surface area contributed by atoms with Crippen LogP contribution in [0.4, 0.5) is 4.79 Å². The predicted molar refractivity (Wildman–Crippen MR) is 66.5 cm³/mol. The summed E-state index contributed by atoms with van der Waals surface area (Å²) in [6.45, 7) is 5.61. The van der Waals surface area contributed by atoms with E-state index in [4.69, 9.17) is 10.00 Å². The first-order chi connectivity index (χ1) is 8.42. The Balaban J connectivity index is 2.72. The topological polar surface area (TPSA) is 66.2 Å². The Labute approximate surface area is 107 Å². The van der Waals surface area contributed by atoms with Gasteiger partial charge in [0.15, 0.2) is 0 Å². The van der Waals surface area contributed by atoms with Gasteiger partial charge in [-0.2, -0.15) is 5.26 Å². The number of rotatable bonds is 3. The number of hydrogen-bond donors (Lipinski definition) is 0. The van der Waals surface area contributed by atoms with Gasteiger partial charge in [0.05, 0.1) is 18.3 Å². The van der Waals surface area contributed by atoms with Crippen LogP contribution in [0.25, 0.3) is 0 Å². The molecule has 1 amide bonds. The third-order valence-corrected chi connectivity index (χ3v) is 1.99. The summed E-state index contributed by atoms with van der Waals surface area (Å²) in [4.78, 5) is 17.3. The number of ether oxygens (including phenoxy) is 1. The maximum Gasteiger partial charge on any atom is 0.411 e. The molecule has 5 nitrogen and oxygen atoms in total. The molecule has 0 bridgehead atoms. The summed E-state index contributed by atoms with van der Waals surface area (Å²) in [7, 11) is 0. The van der Waals surface area contributed by atoms with Gasteiger partial charge in [0.1, 0.15) is 12.1 Å². The number of nitrogens with zero attached hydrogens (tertiary/aromatic N) is 3. The molecule has 0 saturated heterocycles. The Morgan fingerprint density at radius 1 is 1.50 bits per heavy atom. The van der Waals surface area contributed by atoms with Crippen LogP contribution in [0.1, 0.15) is 26.5 Å². The van der Waals surface area contributed by atoms with E-state index in [0.29, 0.717) is 0 Å². The van der Waals surface area contributed by atoms with E-state index in [9.17, 15) is 4.79 Å². The fraction of sp³-hybridized carbons (Fsp3) is 0.462. The van der Waals surface area contributed by atoms with Crippen LogP contribution < -0.4 is 0 Å². The van der Waals surface area contributed by atoms with Gasteiger partial charge in [-0.1, -0.05) is 6.07 Å². The zero-order valence-electron chi connectivity index (χ0n) is 10.9. The highest BCUT2D eigenvalue weighted by Gasteiger charge is 2.22. The van der Waals surface area contributed by atoms with E-state index >= 15 is 0 Å². The lowest BCUT2D eigenvalue weighted by molar-refractivity contribution is 0.0257. The number of carbonyl (C=O) groups is 1. The number of amides is 1. The van der Waals surface area contributed by atoms with E-state index in [1.165, 1.54) is 4.90 Å². The van der Waals surface area contributed by atoms with Crippen molar-refractivity contribution < 1.29 is 9.53 Å². The molecular weight excluding hydrogens is 230 g/mol. The molecule has 1 heterocycles. The average molecular weight is 247 g/mol. The molecule has 0 aliphatic heterocycles. The van der Waals surface area contributed by atoms with E-state index in [-0.39, 0.29) is 13.1 Å². The van der Waals surface area contributed by atoms with Crippen molar-refractivity contribution in [2.75, 3.05) is 6.54 Å². The molecule has 0 aliphatic rings. The van der Waals surface area contributed by atoms with Crippen molar-refractivity contribution >= 4 is 6.09 Å². The smallest absolute Gasteiger partial charge is 0.411 e. The van der Waals surface area contributed by atoms with Crippen LogP contribution in [0.5, 0.6) is 0 Å². The number of pyridine rings is 1. The molecule has 0 aromatic carbocycles. The average Bonchev–Trinajstić information content (AvgIpc) is 2.27. The van der Waals surface area contributed by atoms with Gasteiger partial charge in [-0.05, 0) is 32.9 Å². The number of carbonyl (C=O) groups excluding carboxylic acids is 1. The maximum absolute atomic E-state index is 11.9. The first-order valence-electron chi connectivity index (χ1n) is 5.67. The molecule has 18 heavy (non-hydrogen) atoms. The van der Waals surface area contributed by atoms with Gasteiger partial charge in [-0.15, -0.1) is 0 Å². The first kappa shape index (κ1) is 14.0. The van der Waals surface area contributed by atoms with Gasteiger partial charge in [0, 0.05) is 6.20 Å². The number of hydrogen-bond acceptors (Lipinski definition) is 4. The minimum atomic E-state index is -0.574. The van der Waals surface area contributed by atoms with Crippen LogP contribution in [0, 0.1) is 11.3 Å². The molecule has 5 heteroatoms. The van der Waals surface area contributed by atoms with Gasteiger partial charge in [0.25, 0.3) is 0 Å². The molecule has 0 radical (unpaired) electrons. The van der Waals surface area contributed by atoms with Crippen LogP contribution >= 0.6 is 0 Å². The molecule has 0 aliphatic carbocycles. The van der Waals surface area contributed by atoms with E-state index in [1.807, 2.05) is 12.1 Å². The van der Waals surface area contributed by atoms with E-state index in [1.54, 1.807) is 39.1 Å². The molecule has 0 atom stereocenters. The predicted octanol–water partition coefficient (Wildman–Crippen LogP) is 2.34. The van der Waals surface area contributed by atoms with Crippen LogP contribution in [-0.4, -0.2) is 28.1 Å². The highest BCUT2D eigenvalue weighted by atomic mass is 16.6. The van der Waals surface area contributed by atoms with Crippen LogP contribution in [-0.2, 0) is 11.3 Å². The molecule has 1 rings (SSSR count). The first-order valence-corrected chi connectivity index (χ1v) is 5.67. The van der Waals surface area contributed by atoms with Gasteiger partial charge >= 0.3 is 6.09 Å². The van der Waals surface area contributed by atoms with Crippen molar-refractivity contribution in [3.8, 4) is 6.07 Å². The third kappa shape index (κ3) is 4.83. The second-order valence-electron chi connectivity index (χ2n) is 4.82. The van der Waals surface area contributed by atoms with Crippen molar-refractivity contribution in [2.24, 2.45) is 0 Å². The van der Waals surface area contributed by atoms with Gasteiger partial charge in [-0.3, -0.25) is 9.88 Å². The van der Waals surface area contributed by atoms with E-state index < -0.39 is 11.7 Å². The summed E-state index contributed by atoms with van der Waals surface area (Å²) >= 11 is 0. The lowest BCUT2D eigenvalue weighted by Gasteiger charge is -2.25. The Morgan fingerprint density at radius 3 is 2.72 bits per heavy atom. The monoisotopic (exact) mass is 247 g/mol. The summed E-state index contributed by atoms with van der Waals surface area (Å²) in [6.07, 6.45) is 1.14. The highest BCUT2D eigenvalue weighted by Crippen LogP contribution is 2.11. The molecule has 0 fully saturated rings. The van der Waals surface area contributed by atoms with E-state index in [0.717, 1.165) is 5.69 Å². The van der Waals surface area contributed by atoms with Gasteiger partial charge in [-0.25, -0.2) is 4.79 Å². The van der Waals surface area contributed by atoms with Crippen LogP contribution in [0.3, 0.4) is 0 Å². The second kappa shape index (κ2) is 6.01. The SMILES string of the molecule is CC(C)(C)OC(=O)N(CC#N)Cc1ccccn1. The summed E-state index contributed by atoms with van der Waals surface area (Å²) in [5, 5.41) is 8.74. The lowest BCUT2D eigenvalue weighted by Crippen LogP contribution is -2.36. The zero-order valence-corrected chi connectivity index (χ0v) is 10.9. The Morgan fingerprint density at radius 2 is 2.22 bits per heavy atom. The second-order valence-corrected chi connectivity index (χ2v) is 4.82. The quantitative estimate of drug-likeness (QED) is 0.769. The molecular formula is C13H17N3O2. The standard InChI is InChI=1S/C13H17N3O2/c1-13(2,3)18-12(17)16(9-7-14)10-11-6-4-5-8-15-11/h4-6,8H,9-10H2,1-3H3. The lowest BCUT2D eigenvalue weighted by atomic mass is 10.2. The summed E-state index contributed by atoms with van der Waals surface area (Å²) in [6, 6.07) is 7.38. The number of nitriles is 1. The molecule has 1 aromatic heterocycles. The van der Waals surface area contributed by atoms with Crippen LogP contribution in [0.15, 0.2) is 24.4 Å². The Bertz CT molecular complexity index is 432. The molecule has 1 aromatic rings. The van der Waals surface area contributed by atoms with Crippen molar-refractivity contribution in [3.05, 3.63) is 30.1 Å². The summed E-state index contributed by atoms with van der Waals surface area (Å²) in [5.74, 6) is 0. The Hall–Kier alpha value is -2.09. The largest absolute Gasteiger partial charge is 0.444 e. The van der Waals surface area contributed by atoms with Gasteiger partial charge in [0.2, 0.25) is 0 Å². The third-order valence-electron chi connectivity index (χ3n) is 1.99. The van der Waals surface area contributed by atoms with Crippen LogP contribution in [0.2, 0.25) is 0 Å². The maximum atomic E-state index is 11.9. The molecule has 0 saturated carbocycles. The molecule has 0 unspecified atom stereocenters. The van der Waals surface area contributed by atoms with Crippen molar-refractivity contribution in [2.45, 2.75) is 32.9 Å². The van der Waals surface area contributed by atoms with Crippen molar-refractivity contribution in [1.29, 1.82) is 5.26 Å².